The summed E-state index contributed by atoms with van der Waals surface area (Å²) in [7, 11) is -3.78. The number of ether oxygens (including phenoxy) is 1. The van der Waals surface area contributed by atoms with Crippen molar-refractivity contribution in [2.75, 3.05) is 18.1 Å². The number of primary sulfonamides is 1. The average Bonchev–Trinajstić information content (AvgIpc) is 3.19. The summed E-state index contributed by atoms with van der Waals surface area (Å²) in [5.74, 6) is -2.10. The number of ketones is 1. The molecule has 1 unspecified atom stereocenters. The lowest BCUT2D eigenvalue weighted by Gasteiger charge is -2.16. The molecule has 1 heterocycles. The second kappa shape index (κ2) is 12.3. The molecule has 0 aromatic heterocycles. The lowest BCUT2D eigenvalue weighted by atomic mass is 10.1. The summed E-state index contributed by atoms with van der Waals surface area (Å²) in [6.45, 7) is -0.161. The van der Waals surface area contributed by atoms with Crippen molar-refractivity contribution >= 4 is 62.5 Å². The predicted molar refractivity (Wildman–Crippen MR) is 148 cm³/mol. The van der Waals surface area contributed by atoms with E-state index in [4.69, 9.17) is 33.1 Å². The summed E-state index contributed by atoms with van der Waals surface area (Å²) in [5, 5.41) is 8.66. The number of anilines is 1. The molecule has 1 aliphatic heterocycles. The molecular formula is C27H23Cl2N3O7S. The fraction of sp³-hybridized carbons (Fsp3) is 0.185. The van der Waals surface area contributed by atoms with Crippen LogP contribution in [0.25, 0.3) is 0 Å². The zero-order chi connectivity index (χ0) is 29.0. The number of rotatable bonds is 10. The Kier molecular flexibility index (Phi) is 9.02. The predicted octanol–water partition coefficient (Wildman–Crippen LogP) is 3.14. The molecule has 208 valence electrons. The van der Waals surface area contributed by atoms with E-state index >= 15 is 0 Å². The molecule has 13 heteroatoms. The Labute approximate surface area is 240 Å². The summed E-state index contributed by atoms with van der Waals surface area (Å²) >= 11 is 11.8. The Balaban J connectivity index is 1.30. The van der Waals surface area contributed by atoms with Gasteiger partial charge in [-0.15, -0.1) is 0 Å². The second-order valence-corrected chi connectivity index (χ2v) is 11.3. The van der Waals surface area contributed by atoms with Crippen LogP contribution in [0.15, 0.2) is 71.6 Å². The first-order chi connectivity index (χ1) is 18.9. The number of Topliss-reactive ketones (excluding diaryl/α,β-unsaturated/α-hetero) is 1. The molecule has 1 fully saturated rings. The molecule has 1 saturated heterocycles. The molecule has 1 atom stereocenters. The van der Waals surface area contributed by atoms with Crippen LogP contribution in [0.1, 0.15) is 32.7 Å². The van der Waals surface area contributed by atoms with Gasteiger partial charge < -0.3 is 10.1 Å². The third-order valence-electron chi connectivity index (χ3n) is 6.13. The molecule has 0 radical (unpaired) electrons. The number of benzene rings is 3. The van der Waals surface area contributed by atoms with Crippen molar-refractivity contribution < 1.29 is 32.3 Å². The smallest absolute Gasteiger partial charge is 0.338 e. The van der Waals surface area contributed by atoms with Crippen molar-refractivity contribution in [2.24, 2.45) is 5.14 Å². The Morgan fingerprint density at radius 2 is 1.68 bits per heavy atom. The Morgan fingerprint density at radius 1 is 1.00 bits per heavy atom. The summed E-state index contributed by atoms with van der Waals surface area (Å²) < 4.78 is 27.8. The molecule has 3 aromatic carbocycles. The molecule has 2 amide bonds. The molecular weight excluding hydrogens is 581 g/mol. The van der Waals surface area contributed by atoms with Gasteiger partial charge >= 0.3 is 5.97 Å². The quantitative estimate of drug-likeness (QED) is 0.203. The van der Waals surface area contributed by atoms with E-state index in [0.29, 0.717) is 23.7 Å². The number of nitrogens with one attached hydrogen (secondary N) is 1. The number of halogens is 2. The largest absolute Gasteiger partial charge is 0.454 e. The minimum absolute atomic E-state index is 0.00652. The maximum Gasteiger partial charge on any atom is 0.338 e. The number of esters is 1. The molecule has 40 heavy (non-hydrogen) atoms. The van der Waals surface area contributed by atoms with E-state index in [-0.39, 0.29) is 27.5 Å². The number of hydrogen-bond acceptors (Lipinski definition) is 8. The highest BCUT2D eigenvalue weighted by Gasteiger charge is 2.39. The number of carbonyl (C=O) groups excluding carboxylic acids is 4. The number of amides is 2. The normalized spacial score (nSPS) is 15.4. The number of imide groups is 1. The van der Waals surface area contributed by atoms with Crippen LogP contribution in [-0.2, 0) is 30.8 Å². The van der Waals surface area contributed by atoms with Crippen LogP contribution in [0.3, 0.4) is 0 Å². The highest BCUT2D eigenvalue weighted by Crippen LogP contribution is 2.24. The molecule has 0 bridgehead atoms. The fourth-order valence-electron chi connectivity index (χ4n) is 4.05. The van der Waals surface area contributed by atoms with Gasteiger partial charge in [0.15, 0.2) is 6.61 Å². The highest BCUT2D eigenvalue weighted by atomic mass is 35.5. The number of sulfonamides is 1. The minimum Gasteiger partial charge on any atom is -0.454 e. The van der Waals surface area contributed by atoms with Gasteiger partial charge in [0.05, 0.1) is 33.6 Å². The monoisotopic (exact) mass is 603 g/mol. The molecule has 1 aliphatic rings. The molecule has 3 N–H and O–H groups in total. The molecule has 0 spiro atoms. The first kappa shape index (κ1) is 29.4. The SMILES string of the molecule is NS(=O)(=O)c1ccc(CCNC2CC(=O)N(c3ccc(C(=O)OCC(=O)c4ccc(Cl)cc4Cl)cc3)C2=O)cc1. The van der Waals surface area contributed by atoms with Crippen LogP contribution in [-0.4, -0.2) is 51.2 Å². The van der Waals surface area contributed by atoms with Gasteiger partial charge in [-0.3, -0.25) is 14.4 Å². The number of hydrogen-bond donors (Lipinski definition) is 2. The van der Waals surface area contributed by atoms with E-state index in [1.165, 1.54) is 54.6 Å². The van der Waals surface area contributed by atoms with Crippen LogP contribution >= 0.6 is 23.2 Å². The Morgan fingerprint density at radius 3 is 2.30 bits per heavy atom. The van der Waals surface area contributed by atoms with E-state index in [1.807, 2.05) is 0 Å². The van der Waals surface area contributed by atoms with Crippen molar-refractivity contribution in [3.8, 4) is 0 Å². The van der Waals surface area contributed by atoms with Crippen LogP contribution in [0, 0.1) is 0 Å². The topological polar surface area (TPSA) is 153 Å². The van der Waals surface area contributed by atoms with E-state index < -0.39 is 46.2 Å². The number of nitrogens with two attached hydrogens (primary N) is 1. The van der Waals surface area contributed by atoms with Crippen LogP contribution < -0.4 is 15.4 Å². The van der Waals surface area contributed by atoms with Crippen molar-refractivity contribution in [2.45, 2.75) is 23.8 Å². The van der Waals surface area contributed by atoms with Gasteiger partial charge in [0.25, 0.3) is 5.91 Å². The molecule has 0 saturated carbocycles. The third-order valence-corrected chi connectivity index (χ3v) is 7.61. The van der Waals surface area contributed by atoms with Gasteiger partial charge in [0.1, 0.15) is 0 Å². The summed E-state index contributed by atoms with van der Waals surface area (Å²) in [5.41, 5.74) is 1.41. The van der Waals surface area contributed by atoms with E-state index in [1.54, 1.807) is 12.1 Å². The molecule has 4 rings (SSSR count). The zero-order valence-electron chi connectivity index (χ0n) is 20.8. The summed E-state index contributed by atoms with van der Waals surface area (Å²) in [6, 6.07) is 15.4. The van der Waals surface area contributed by atoms with Crippen molar-refractivity contribution in [1.82, 2.24) is 5.32 Å². The van der Waals surface area contributed by atoms with E-state index in [9.17, 15) is 27.6 Å². The minimum atomic E-state index is -3.78. The fourth-order valence-corrected chi connectivity index (χ4v) is 5.08. The summed E-state index contributed by atoms with van der Waals surface area (Å²) in [4.78, 5) is 51.3. The number of nitrogens with zero attached hydrogens (tertiary/aromatic N) is 1. The Hall–Kier alpha value is -3.61. The third kappa shape index (κ3) is 6.93. The Bertz CT molecular complexity index is 1580. The van der Waals surface area contributed by atoms with Crippen molar-refractivity contribution in [3.05, 3.63) is 93.5 Å². The second-order valence-electron chi connectivity index (χ2n) is 8.89. The average molecular weight is 604 g/mol. The van der Waals surface area contributed by atoms with Crippen LogP contribution in [0.4, 0.5) is 5.69 Å². The maximum atomic E-state index is 12.9. The maximum absolute atomic E-state index is 12.9. The standard InChI is InChI=1S/C27H23Cl2N3O7S/c28-18-5-10-21(22(29)13-18)24(33)15-39-27(36)17-3-6-19(7-4-17)32-25(34)14-23(26(32)35)31-12-11-16-1-8-20(9-2-16)40(30,37)38/h1-10,13,23,31H,11-12,14-15H2,(H2,30,37,38). The summed E-state index contributed by atoms with van der Waals surface area (Å²) in [6.07, 6.45) is 0.453. The van der Waals surface area contributed by atoms with Gasteiger partial charge in [-0.1, -0.05) is 35.3 Å². The van der Waals surface area contributed by atoms with E-state index in [2.05, 4.69) is 5.32 Å². The molecule has 10 nitrogen and oxygen atoms in total. The molecule has 0 aliphatic carbocycles. The first-order valence-electron chi connectivity index (χ1n) is 11.9. The van der Waals surface area contributed by atoms with Crippen LogP contribution in [0.5, 0.6) is 0 Å². The lowest BCUT2D eigenvalue weighted by molar-refractivity contribution is -0.121. The molecule has 3 aromatic rings. The van der Waals surface area contributed by atoms with Gasteiger partial charge in [-0.2, -0.15) is 0 Å². The lowest BCUT2D eigenvalue weighted by Crippen LogP contribution is -2.39. The van der Waals surface area contributed by atoms with Crippen molar-refractivity contribution in [1.29, 1.82) is 0 Å². The first-order valence-corrected chi connectivity index (χ1v) is 14.2. The van der Waals surface area contributed by atoms with Gasteiger partial charge in [-0.05, 0) is 73.1 Å². The number of carbonyl (C=O) groups is 4. The zero-order valence-corrected chi connectivity index (χ0v) is 23.1. The van der Waals surface area contributed by atoms with E-state index in [0.717, 1.165) is 10.5 Å². The van der Waals surface area contributed by atoms with Crippen LogP contribution in [0.2, 0.25) is 10.0 Å². The van der Waals surface area contributed by atoms with Crippen molar-refractivity contribution in [3.63, 3.8) is 0 Å². The van der Waals surface area contributed by atoms with Gasteiger partial charge in [-0.25, -0.2) is 23.3 Å². The van der Waals surface area contributed by atoms with Gasteiger partial charge in [0, 0.05) is 10.6 Å². The van der Waals surface area contributed by atoms with Gasteiger partial charge in [0.2, 0.25) is 21.7 Å². The highest BCUT2D eigenvalue weighted by molar-refractivity contribution is 7.89.